The van der Waals surface area contributed by atoms with Crippen molar-refractivity contribution in [2.45, 2.75) is 40.0 Å². The molecule has 0 amide bonds. The van der Waals surface area contributed by atoms with Crippen LogP contribution in [0.4, 0.5) is 0 Å². The zero-order valence-corrected chi connectivity index (χ0v) is 12.5. The second kappa shape index (κ2) is 4.39. The highest BCUT2D eigenvalue weighted by molar-refractivity contribution is 7.71. The third kappa shape index (κ3) is 2.41. The van der Waals surface area contributed by atoms with Crippen molar-refractivity contribution >= 4 is 12.2 Å². The molecule has 0 atom stereocenters. The molecule has 0 saturated heterocycles. The van der Waals surface area contributed by atoms with E-state index in [2.05, 4.69) is 64.0 Å². The van der Waals surface area contributed by atoms with Gasteiger partial charge in [-0.05, 0) is 31.5 Å². The highest BCUT2D eigenvalue weighted by Gasteiger charge is 2.17. The maximum Gasteiger partial charge on any atom is 0.127 e. The van der Waals surface area contributed by atoms with E-state index in [1.165, 1.54) is 11.1 Å². The van der Waals surface area contributed by atoms with Crippen molar-refractivity contribution in [2.75, 3.05) is 0 Å². The summed E-state index contributed by atoms with van der Waals surface area (Å²) in [5, 5.41) is 3.41. The Morgan fingerprint density at radius 1 is 1.11 bits per heavy atom. The average Bonchev–Trinajstić information content (AvgIpc) is 2.60. The molecule has 2 rings (SSSR count). The summed E-state index contributed by atoms with van der Waals surface area (Å²) >= 11 is 5.45. The number of hydrogen-bond acceptors (Lipinski definition) is 1. The number of aryl methyl sites for hydroxylation is 2. The first kappa shape index (κ1) is 13.1. The molecule has 3 heteroatoms. The molecule has 1 aromatic carbocycles. The molecule has 2 aromatic rings. The standard InChI is InChI=1S/C15H20N2S/c1-10-6-7-12(11(2)8-10)17-14(18)9-13(16-17)15(3,4)5/h6-9,16H,1-5H3. The van der Waals surface area contributed by atoms with Crippen molar-refractivity contribution in [1.29, 1.82) is 0 Å². The summed E-state index contributed by atoms with van der Waals surface area (Å²) in [6.07, 6.45) is 0. The minimum Gasteiger partial charge on any atom is -0.296 e. The van der Waals surface area contributed by atoms with Gasteiger partial charge in [0.25, 0.3) is 0 Å². The Balaban J connectivity index is 2.58. The van der Waals surface area contributed by atoms with E-state index in [1.807, 2.05) is 4.68 Å². The van der Waals surface area contributed by atoms with Crippen LogP contribution in [0.3, 0.4) is 0 Å². The van der Waals surface area contributed by atoms with Crippen LogP contribution in [0.25, 0.3) is 5.69 Å². The smallest absolute Gasteiger partial charge is 0.127 e. The van der Waals surface area contributed by atoms with Gasteiger partial charge in [-0.15, -0.1) is 0 Å². The number of aromatic amines is 1. The molecule has 0 fully saturated rings. The van der Waals surface area contributed by atoms with Crippen molar-refractivity contribution in [3.05, 3.63) is 45.7 Å². The van der Waals surface area contributed by atoms with E-state index in [4.69, 9.17) is 12.2 Å². The molecule has 0 aliphatic rings. The van der Waals surface area contributed by atoms with Crippen LogP contribution in [0.1, 0.15) is 37.6 Å². The molecule has 0 unspecified atom stereocenters. The van der Waals surface area contributed by atoms with Gasteiger partial charge in [0.15, 0.2) is 0 Å². The fourth-order valence-corrected chi connectivity index (χ4v) is 2.28. The summed E-state index contributed by atoms with van der Waals surface area (Å²) in [5.41, 5.74) is 4.87. The van der Waals surface area contributed by atoms with Crippen LogP contribution < -0.4 is 0 Å². The molecule has 0 spiro atoms. The van der Waals surface area contributed by atoms with Crippen LogP contribution >= 0.6 is 12.2 Å². The lowest BCUT2D eigenvalue weighted by Gasteiger charge is -2.16. The number of hydrogen-bond donors (Lipinski definition) is 1. The summed E-state index contributed by atoms with van der Waals surface area (Å²) in [7, 11) is 0. The van der Waals surface area contributed by atoms with Gasteiger partial charge in [0, 0.05) is 11.1 Å². The van der Waals surface area contributed by atoms with Crippen LogP contribution in [-0.4, -0.2) is 9.78 Å². The van der Waals surface area contributed by atoms with Gasteiger partial charge in [0.2, 0.25) is 0 Å². The van der Waals surface area contributed by atoms with Gasteiger partial charge in [0.1, 0.15) is 4.64 Å². The quantitative estimate of drug-likeness (QED) is 0.751. The normalized spacial score (nSPS) is 11.8. The zero-order valence-electron chi connectivity index (χ0n) is 11.7. The third-order valence-corrected chi connectivity index (χ3v) is 3.42. The predicted octanol–water partition coefficient (Wildman–Crippen LogP) is 4.45. The summed E-state index contributed by atoms with van der Waals surface area (Å²) < 4.78 is 2.82. The first-order valence-corrected chi connectivity index (χ1v) is 6.60. The number of benzene rings is 1. The van der Waals surface area contributed by atoms with Gasteiger partial charge in [-0.25, -0.2) is 4.68 Å². The Morgan fingerprint density at radius 2 is 1.78 bits per heavy atom. The first-order valence-electron chi connectivity index (χ1n) is 6.19. The number of aromatic nitrogens is 2. The van der Waals surface area contributed by atoms with Crippen LogP contribution in [0.5, 0.6) is 0 Å². The Morgan fingerprint density at radius 3 is 2.28 bits per heavy atom. The van der Waals surface area contributed by atoms with Crippen molar-refractivity contribution in [2.24, 2.45) is 0 Å². The van der Waals surface area contributed by atoms with Gasteiger partial charge < -0.3 is 0 Å². The molecule has 0 radical (unpaired) electrons. The second-order valence-corrected chi connectivity index (χ2v) is 6.30. The van der Waals surface area contributed by atoms with Crippen molar-refractivity contribution < 1.29 is 0 Å². The monoisotopic (exact) mass is 260 g/mol. The van der Waals surface area contributed by atoms with E-state index < -0.39 is 0 Å². The highest BCUT2D eigenvalue weighted by Crippen LogP contribution is 2.23. The molecule has 0 saturated carbocycles. The van der Waals surface area contributed by atoms with Crippen LogP contribution in [-0.2, 0) is 5.41 Å². The largest absolute Gasteiger partial charge is 0.296 e. The van der Waals surface area contributed by atoms with Crippen molar-refractivity contribution in [3.63, 3.8) is 0 Å². The number of nitrogens with one attached hydrogen (secondary N) is 1. The number of nitrogens with zero attached hydrogens (tertiary/aromatic N) is 1. The molecule has 1 aromatic heterocycles. The molecule has 0 aliphatic carbocycles. The molecular formula is C15H20N2S. The van der Waals surface area contributed by atoms with Crippen molar-refractivity contribution in [1.82, 2.24) is 9.78 Å². The van der Waals surface area contributed by atoms with E-state index >= 15 is 0 Å². The SMILES string of the molecule is Cc1ccc(-n2[nH]c(C(C)(C)C)cc2=S)c(C)c1. The summed E-state index contributed by atoms with van der Waals surface area (Å²) in [6.45, 7) is 10.8. The fourth-order valence-electron chi connectivity index (χ4n) is 2.02. The molecule has 1 heterocycles. The van der Waals surface area contributed by atoms with Crippen LogP contribution in [0.15, 0.2) is 24.3 Å². The molecule has 1 N–H and O–H groups in total. The molecule has 0 aliphatic heterocycles. The Hall–Kier alpha value is -1.35. The van der Waals surface area contributed by atoms with E-state index in [0.29, 0.717) is 0 Å². The Labute approximate surface area is 114 Å². The van der Waals surface area contributed by atoms with Gasteiger partial charge in [-0.2, -0.15) is 0 Å². The maximum atomic E-state index is 5.45. The fraction of sp³-hybridized carbons (Fsp3) is 0.400. The number of rotatable bonds is 1. The van der Waals surface area contributed by atoms with Crippen molar-refractivity contribution in [3.8, 4) is 5.69 Å². The van der Waals surface area contributed by atoms with Gasteiger partial charge >= 0.3 is 0 Å². The van der Waals surface area contributed by atoms with E-state index in [1.54, 1.807) is 0 Å². The maximum absolute atomic E-state index is 5.45. The third-order valence-electron chi connectivity index (χ3n) is 3.12. The summed E-state index contributed by atoms with van der Waals surface area (Å²) in [4.78, 5) is 0. The topological polar surface area (TPSA) is 20.7 Å². The van der Waals surface area contributed by atoms with Gasteiger partial charge in [-0.1, -0.05) is 50.7 Å². The summed E-state index contributed by atoms with van der Waals surface area (Å²) in [5.74, 6) is 0. The molecule has 0 bridgehead atoms. The molecular weight excluding hydrogens is 240 g/mol. The second-order valence-electron chi connectivity index (χ2n) is 5.88. The zero-order chi connectivity index (χ0) is 13.5. The molecule has 2 nitrogen and oxygen atoms in total. The lowest BCUT2D eigenvalue weighted by Crippen LogP contribution is -2.12. The van der Waals surface area contributed by atoms with E-state index in [-0.39, 0.29) is 5.41 Å². The predicted molar refractivity (Wildman–Crippen MR) is 79.1 cm³/mol. The van der Waals surface area contributed by atoms with E-state index in [0.717, 1.165) is 16.0 Å². The molecule has 96 valence electrons. The lowest BCUT2D eigenvalue weighted by molar-refractivity contribution is 0.560. The molecule has 18 heavy (non-hydrogen) atoms. The van der Waals surface area contributed by atoms with Gasteiger partial charge in [0.05, 0.1) is 5.69 Å². The average molecular weight is 260 g/mol. The lowest BCUT2D eigenvalue weighted by atomic mass is 9.93. The minimum absolute atomic E-state index is 0.0808. The van der Waals surface area contributed by atoms with Gasteiger partial charge in [-0.3, -0.25) is 5.10 Å². The number of H-pyrrole nitrogens is 1. The highest BCUT2D eigenvalue weighted by atomic mass is 32.1. The summed E-state index contributed by atoms with van der Waals surface area (Å²) in [6, 6.07) is 8.45. The Bertz CT molecular complexity index is 627. The Kier molecular flexibility index (Phi) is 3.20. The van der Waals surface area contributed by atoms with Crippen LogP contribution in [0, 0.1) is 18.5 Å². The van der Waals surface area contributed by atoms with Crippen LogP contribution in [0.2, 0.25) is 0 Å². The first-order chi connectivity index (χ1) is 8.29. The van der Waals surface area contributed by atoms with E-state index in [9.17, 15) is 0 Å². The minimum atomic E-state index is 0.0808.